The van der Waals surface area contributed by atoms with Crippen LogP contribution in [0.4, 0.5) is 0 Å². The Morgan fingerprint density at radius 3 is 1.88 bits per heavy atom. The Balaban J connectivity index is 0.000000686. The van der Waals surface area contributed by atoms with Crippen LogP contribution in [0.15, 0.2) is 54.6 Å². The number of hydrogen-bond donors (Lipinski definition) is 0. The van der Waals surface area contributed by atoms with E-state index in [0.717, 1.165) is 12.2 Å². The summed E-state index contributed by atoms with van der Waals surface area (Å²) in [6.07, 6.45) is 0.977. The summed E-state index contributed by atoms with van der Waals surface area (Å²) in [5.74, 6) is 0.909. The highest BCUT2D eigenvalue weighted by molar-refractivity contribution is 5.31. The number of benzene rings is 2. The minimum Gasteiger partial charge on any atom is -0.497 e. The monoisotopic (exact) mass is 226 g/mol. The molecule has 0 atom stereocenters. The number of ether oxygens (including phenoxy) is 1. The Kier molecular flexibility index (Phi) is 5.26. The highest BCUT2D eigenvalue weighted by Gasteiger charge is 1.96. The fourth-order valence-electron chi connectivity index (χ4n) is 1.57. The average molecular weight is 226 g/mol. The smallest absolute Gasteiger partial charge is 0.118 e. The van der Waals surface area contributed by atoms with E-state index in [9.17, 15) is 0 Å². The van der Waals surface area contributed by atoms with Crippen LogP contribution >= 0.6 is 0 Å². The second-order valence-electron chi connectivity index (χ2n) is 3.51. The summed E-state index contributed by atoms with van der Waals surface area (Å²) in [6, 6.07) is 18.7. The molecular formula is C14H14N2O. The molecule has 0 heterocycles. The third-order valence-corrected chi connectivity index (χ3v) is 2.41. The lowest BCUT2D eigenvalue weighted by molar-refractivity contribution is 0.414. The van der Waals surface area contributed by atoms with Gasteiger partial charge in [-0.3, -0.25) is 0 Å². The standard InChI is InChI=1S/C14H14O.N2/c1-15-14-9-7-13(8-10-14)11-12-5-3-2-4-6-12;1-2/h2-10H,11H2,1H3;. The van der Waals surface area contributed by atoms with Crippen LogP contribution in [0.25, 0.3) is 0 Å². The van der Waals surface area contributed by atoms with Gasteiger partial charge in [0.25, 0.3) is 0 Å². The topological polar surface area (TPSA) is 56.8 Å². The lowest BCUT2D eigenvalue weighted by atomic mass is 10.1. The van der Waals surface area contributed by atoms with Crippen molar-refractivity contribution < 1.29 is 4.74 Å². The van der Waals surface area contributed by atoms with E-state index in [2.05, 4.69) is 36.4 Å². The second kappa shape index (κ2) is 7.02. The summed E-state index contributed by atoms with van der Waals surface area (Å²) in [5, 5.41) is 12.0. The first-order valence-electron chi connectivity index (χ1n) is 5.25. The van der Waals surface area contributed by atoms with Gasteiger partial charge in [0, 0.05) is 10.8 Å². The molecule has 0 saturated heterocycles. The SMILES string of the molecule is COc1ccc(Cc2ccccc2)cc1.N#N. The number of rotatable bonds is 3. The molecule has 0 aliphatic rings. The quantitative estimate of drug-likeness (QED) is 0.754. The minimum absolute atomic E-state index is 0.909. The van der Waals surface area contributed by atoms with Gasteiger partial charge in [-0.25, -0.2) is 0 Å². The predicted octanol–water partition coefficient (Wildman–Crippen LogP) is 3.32. The van der Waals surface area contributed by atoms with Gasteiger partial charge in [0.15, 0.2) is 0 Å². The van der Waals surface area contributed by atoms with E-state index in [1.165, 1.54) is 11.1 Å². The molecule has 0 aromatic heterocycles. The van der Waals surface area contributed by atoms with Crippen molar-refractivity contribution in [3.63, 3.8) is 0 Å². The molecule has 0 fully saturated rings. The lowest BCUT2D eigenvalue weighted by Gasteiger charge is -2.03. The highest BCUT2D eigenvalue weighted by Crippen LogP contribution is 2.14. The van der Waals surface area contributed by atoms with Crippen molar-refractivity contribution in [3.05, 3.63) is 65.7 Å². The molecule has 86 valence electrons. The van der Waals surface area contributed by atoms with Crippen molar-refractivity contribution in [3.8, 4) is 5.75 Å². The van der Waals surface area contributed by atoms with Gasteiger partial charge in [0.1, 0.15) is 5.75 Å². The fourth-order valence-corrected chi connectivity index (χ4v) is 1.57. The Morgan fingerprint density at radius 2 is 1.35 bits per heavy atom. The Morgan fingerprint density at radius 1 is 0.824 bits per heavy atom. The summed E-state index contributed by atoms with van der Waals surface area (Å²) in [5.41, 5.74) is 2.64. The molecule has 0 bridgehead atoms. The van der Waals surface area contributed by atoms with Crippen LogP contribution in [0.3, 0.4) is 0 Å². The predicted molar refractivity (Wildman–Crippen MR) is 65.7 cm³/mol. The van der Waals surface area contributed by atoms with Gasteiger partial charge in [0.2, 0.25) is 0 Å². The molecule has 0 amide bonds. The van der Waals surface area contributed by atoms with E-state index < -0.39 is 0 Å². The van der Waals surface area contributed by atoms with Crippen LogP contribution in [0, 0.1) is 10.8 Å². The number of methoxy groups -OCH3 is 1. The zero-order valence-electron chi connectivity index (χ0n) is 9.71. The molecule has 0 spiro atoms. The van der Waals surface area contributed by atoms with Crippen molar-refractivity contribution >= 4 is 0 Å². The van der Waals surface area contributed by atoms with E-state index in [4.69, 9.17) is 15.5 Å². The maximum Gasteiger partial charge on any atom is 0.118 e. The van der Waals surface area contributed by atoms with E-state index >= 15 is 0 Å². The molecule has 0 radical (unpaired) electrons. The molecule has 0 N–H and O–H groups in total. The third-order valence-electron chi connectivity index (χ3n) is 2.41. The summed E-state index contributed by atoms with van der Waals surface area (Å²) in [6.45, 7) is 0. The molecule has 2 aromatic rings. The summed E-state index contributed by atoms with van der Waals surface area (Å²) < 4.78 is 5.12. The van der Waals surface area contributed by atoms with Crippen molar-refractivity contribution in [2.75, 3.05) is 7.11 Å². The zero-order chi connectivity index (χ0) is 12.5. The normalized spacial score (nSPS) is 8.88. The summed E-state index contributed by atoms with van der Waals surface area (Å²) in [7, 11) is 1.69. The van der Waals surface area contributed by atoms with E-state index in [1.54, 1.807) is 7.11 Å². The van der Waals surface area contributed by atoms with Crippen LogP contribution in [-0.2, 0) is 6.42 Å². The molecule has 2 aromatic carbocycles. The molecule has 0 saturated carbocycles. The first-order valence-corrected chi connectivity index (χ1v) is 5.25. The third kappa shape index (κ3) is 3.96. The van der Waals surface area contributed by atoms with E-state index in [1.807, 2.05) is 18.2 Å². The molecule has 0 unspecified atom stereocenters. The lowest BCUT2D eigenvalue weighted by Crippen LogP contribution is -1.88. The van der Waals surface area contributed by atoms with Crippen LogP contribution in [-0.4, -0.2) is 7.11 Å². The Hall–Kier alpha value is -2.34. The van der Waals surface area contributed by atoms with Crippen molar-refractivity contribution in [2.24, 2.45) is 0 Å². The van der Waals surface area contributed by atoms with Gasteiger partial charge in [-0.2, -0.15) is 0 Å². The van der Waals surface area contributed by atoms with E-state index in [0.29, 0.717) is 0 Å². The van der Waals surface area contributed by atoms with Gasteiger partial charge >= 0.3 is 0 Å². The maximum absolute atomic E-state index is 6.00. The highest BCUT2D eigenvalue weighted by atomic mass is 16.5. The van der Waals surface area contributed by atoms with Crippen molar-refractivity contribution in [1.82, 2.24) is 0 Å². The molecule has 3 heteroatoms. The molecule has 0 aliphatic heterocycles. The molecule has 17 heavy (non-hydrogen) atoms. The first kappa shape index (κ1) is 12.7. The summed E-state index contributed by atoms with van der Waals surface area (Å²) >= 11 is 0. The average Bonchev–Trinajstić information content (AvgIpc) is 2.43. The fraction of sp³-hybridized carbons (Fsp3) is 0.143. The van der Waals surface area contributed by atoms with Crippen LogP contribution in [0.5, 0.6) is 5.75 Å². The number of hydrogen-bond acceptors (Lipinski definition) is 3. The molecule has 3 nitrogen and oxygen atoms in total. The molecule has 2 rings (SSSR count). The van der Waals surface area contributed by atoms with Gasteiger partial charge < -0.3 is 4.74 Å². The Bertz CT molecular complexity index is 449. The maximum atomic E-state index is 6.00. The summed E-state index contributed by atoms with van der Waals surface area (Å²) in [4.78, 5) is 0. The minimum atomic E-state index is 0.909. The zero-order valence-corrected chi connectivity index (χ0v) is 9.71. The van der Waals surface area contributed by atoms with E-state index in [-0.39, 0.29) is 0 Å². The van der Waals surface area contributed by atoms with Gasteiger partial charge in [0.05, 0.1) is 7.11 Å². The molecule has 0 aliphatic carbocycles. The first-order chi connectivity index (χ1) is 8.38. The van der Waals surface area contributed by atoms with Gasteiger partial charge in [-0.1, -0.05) is 42.5 Å². The van der Waals surface area contributed by atoms with Crippen molar-refractivity contribution in [1.29, 1.82) is 10.8 Å². The Labute approximate surface area is 101 Å². The second-order valence-corrected chi connectivity index (χ2v) is 3.51. The van der Waals surface area contributed by atoms with Gasteiger partial charge in [-0.15, -0.1) is 0 Å². The van der Waals surface area contributed by atoms with Gasteiger partial charge in [-0.05, 0) is 29.7 Å². The molecular weight excluding hydrogens is 212 g/mol. The largest absolute Gasteiger partial charge is 0.497 e. The van der Waals surface area contributed by atoms with Crippen LogP contribution in [0.2, 0.25) is 0 Å². The number of nitrogens with zero attached hydrogens (tertiary/aromatic N) is 2. The van der Waals surface area contributed by atoms with Crippen LogP contribution in [0.1, 0.15) is 11.1 Å². The van der Waals surface area contributed by atoms with Crippen molar-refractivity contribution in [2.45, 2.75) is 6.42 Å². The van der Waals surface area contributed by atoms with Crippen LogP contribution < -0.4 is 4.74 Å².